The van der Waals surface area contributed by atoms with Gasteiger partial charge in [0.15, 0.2) is 15.9 Å². The van der Waals surface area contributed by atoms with Crippen LogP contribution in [0, 0.1) is 26.0 Å². The molecule has 0 saturated carbocycles. The second-order valence-corrected chi connectivity index (χ2v) is 3.13. The Hall–Kier alpha value is -1.47. The lowest BCUT2D eigenvalue weighted by atomic mass is 10.2. The molecule has 1 aromatic carbocycles. The van der Waals surface area contributed by atoms with Gasteiger partial charge in [0.1, 0.15) is 0 Å². The van der Waals surface area contributed by atoms with Gasteiger partial charge in [-0.25, -0.2) is 4.39 Å². The Balaban J connectivity index is 3.59. The van der Waals surface area contributed by atoms with Crippen LogP contribution in [-0.4, -0.2) is 9.85 Å². The number of halogens is 3. The van der Waals surface area contributed by atoms with Crippen LogP contribution in [0.2, 0.25) is 10.0 Å². The van der Waals surface area contributed by atoms with E-state index in [0.29, 0.717) is 6.07 Å². The van der Waals surface area contributed by atoms with Gasteiger partial charge in [-0.15, -0.1) is 0 Å². The minimum Gasteiger partial charge on any atom is -0.258 e. The van der Waals surface area contributed by atoms with Crippen molar-refractivity contribution in [2.45, 2.75) is 0 Å². The van der Waals surface area contributed by atoms with E-state index < -0.39 is 37.1 Å². The molecule has 0 atom stereocenters. The van der Waals surface area contributed by atoms with Crippen LogP contribution < -0.4 is 0 Å². The van der Waals surface area contributed by atoms with Crippen molar-refractivity contribution < 1.29 is 14.2 Å². The second-order valence-electron chi connectivity index (χ2n) is 2.37. The zero-order chi connectivity index (χ0) is 11.7. The van der Waals surface area contributed by atoms with Crippen molar-refractivity contribution in [1.29, 1.82) is 0 Å². The van der Waals surface area contributed by atoms with Crippen molar-refractivity contribution in [1.82, 2.24) is 0 Å². The van der Waals surface area contributed by atoms with Gasteiger partial charge in [0.25, 0.3) is 11.4 Å². The van der Waals surface area contributed by atoms with Crippen molar-refractivity contribution in [3.63, 3.8) is 0 Å². The lowest BCUT2D eigenvalue weighted by molar-refractivity contribution is -0.394. The van der Waals surface area contributed by atoms with Crippen molar-refractivity contribution in [2.24, 2.45) is 0 Å². The Morgan fingerprint density at radius 1 is 1.07 bits per heavy atom. The van der Waals surface area contributed by atoms with E-state index in [1.807, 2.05) is 0 Å². The molecule has 0 fully saturated rings. The Kier molecular flexibility index (Phi) is 3.06. The summed E-state index contributed by atoms with van der Waals surface area (Å²) in [5.41, 5.74) is -1.80. The summed E-state index contributed by atoms with van der Waals surface area (Å²) >= 11 is 10.5. The van der Waals surface area contributed by atoms with Crippen molar-refractivity contribution in [3.05, 3.63) is 42.2 Å². The standard InChI is InChI=1S/C6HCl2FN2O4/c7-4-2(10(12)13)1-3(11(14)15)5(8)6(4)9/h1H. The van der Waals surface area contributed by atoms with Crippen LogP contribution in [-0.2, 0) is 0 Å². The smallest absolute Gasteiger partial charge is 0.258 e. The maximum atomic E-state index is 13.1. The van der Waals surface area contributed by atoms with Gasteiger partial charge in [-0.3, -0.25) is 20.2 Å². The molecule has 15 heavy (non-hydrogen) atoms. The number of nitrogens with zero attached hydrogens (tertiary/aromatic N) is 2. The number of benzene rings is 1. The molecule has 0 bridgehead atoms. The predicted octanol–water partition coefficient (Wildman–Crippen LogP) is 2.95. The lowest BCUT2D eigenvalue weighted by Crippen LogP contribution is -1.97. The molecule has 0 unspecified atom stereocenters. The molecule has 0 aliphatic heterocycles. The molecule has 1 aromatic rings. The van der Waals surface area contributed by atoms with E-state index in [2.05, 4.69) is 0 Å². The largest absolute Gasteiger partial charge is 0.297 e. The third-order valence-corrected chi connectivity index (χ3v) is 2.22. The highest BCUT2D eigenvalue weighted by Crippen LogP contribution is 2.38. The summed E-state index contributed by atoms with van der Waals surface area (Å²) in [6.45, 7) is 0. The van der Waals surface area contributed by atoms with Crippen LogP contribution in [0.1, 0.15) is 0 Å². The summed E-state index contributed by atoms with van der Waals surface area (Å²) < 4.78 is 13.1. The highest BCUT2D eigenvalue weighted by molar-refractivity contribution is 6.37. The average molecular weight is 255 g/mol. The fourth-order valence-corrected chi connectivity index (χ4v) is 1.33. The SMILES string of the molecule is O=[N+]([O-])c1cc([N+](=O)[O-])c(Cl)c(F)c1Cl. The first-order chi connectivity index (χ1) is 6.86. The summed E-state index contributed by atoms with van der Waals surface area (Å²) in [6, 6.07) is 0.508. The fourth-order valence-electron chi connectivity index (χ4n) is 0.843. The normalized spacial score (nSPS) is 10.1. The highest BCUT2D eigenvalue weighted by Gasteiger charge is 2.28. The molecule has 9 heteroatoms. The van der Waals surface area contributed by atoms with Gasteiger partial charge in [0.2, 0.25) is 0 Å². The van der Waals surface area contributed by atoms with Crippen LogP contribution in [0.3, 0.4) is 0 Å². The van der Waals surface area contributed by atoms with Gasteiger partial charge in [-0.05, 0) is 0 Å². The molecule has 0 heterocycles. The maximum absolute atomic E-state index is 13.1. The van der Waals surface area contributed by atoms with E-state index in [4.69, 9.17) is 23.2 Å². The van der Waals surface area contributed by atoms with Crippen LogP contribution in [0.15, 0.2) is 6.07 Å². The lowest BCUT2D eigenvalue weighted by Gasteiger charge is -2.00. The third kappa shape index (κ3) is 1.97. The van der Waals surface area contributed by atoms with Crippen molar-refractivity contribution in [3.8, 4) is 0 Å². The molecular formula is C6HCl2FN2O4. The zero-order valence-corrected chi connectivity index (χ0v) is 8.25. The molecule has 0 aromatic heterocycles. The number of hydrogen-bond acceptors (Lipinski definition) is 4. The summed E-state index contributed by atoms with van der Waals surface area (Å²) in [5.74, 6) is -1.38. The first-order valence-electron chi connectivity index (χ1n) is 3.32. The Morgan fingerprint density at radius 2 is 1.40 bits per heavy atom. The van der Waals surface area contributed by atoms with Crippen LogP contribution in [0.4, 0.5) is 15.8 Å². The van der Waals surface area contributed by atoms with E-state index in [9.17, 15) is 24.6 Å². The Bertz CT molecular complexity index is 427. The molecule has 0 radical (unpaired) electrons. The zero-order valence-electron chi connectivity index (χ0n) is 6.74. The van der Waals surface area contributed by atoms with E-state index >= 15 is 0 Å². The van der Waals surface area contributed by atoms with Crippen molar-refractivity contribution >= 4 is 34.6 Å². The minimum absolute atomic E-state index is 0.508. The second kappa shape index (κ2) is 3.95. The van der Waals surface area contributed by atoms with Crippen molar-refractivity contribution in [2.75, 3.05) is 0 Å². The monoisotopic (exact) mass is 254 g/mol. The van der Waals surface area contributed by atoms with Crippen LogP contribution in [0.25, 0.3) is 0 Å². The van der Waals surface area contributed by atoms with E-state index in [0.717, 1.165) is 0 Å². The first-order valence-corrected chi connectivity index (χ1v) is 4.08. The molecule has 0 saturated heterocycles. The van der Waals surface area contributed by atoms with Gasteiger partial charge < -0.3 is 0 Å². The molecular weight excluding hydrogens is 254 g/mol. The fraction of sp³-hybridized carbons (Fsp3) is 0. The average Bonchev–Trinajstić information content (AvgIpc) is 2.13. The molecule has 1 rings (SSSR count). The summed E-state index contributed by atoms with van der Waals surface area (Å²) in [4.78, 5) is 18.6. The molecule has 0 aliphatic carbocycles. The molecule has 0 N–H and O–H groups in total. The Labute approximate surface area is 91.5 Å². The maximum Gasteiger partial charge on any atom is 0.297 e. The molecule has 0 aliphatic rings. The quantitative estimate of drug-likeness (QED) is 0.461. The minimum atomic E-state index is -1.38. The van der Waals surface area contributed by atoms with Gasteiger partial charge in [-0.1, -0.05) is 23.2 Å². The summed E-state index contributed by atoms with van der Waals surface area (Å²) in [7, 11) is 0. The van der Waals surface area contributed by atoms with Gasteiger partial charge in [-0.2, -0.15) is 0 Å². The van der Waals surface area contributed by atoms with E-state index in [1.54, 1.807) is 0 Å². The van der Waals surface area contributed by atoms with Gasteiger partial charge in [0.05, 0.1) is 15.9 Å². The summed E-state index contributed by atoms with van der Waals surface area (Å²) in [5, 5.41) is 19.0. The topological polar surface area (TPSA) is 86.3 Å². The van der Waals surface area contributed by atoms with Gasteiger partial charge in [0, 0.05) is 0 Å². The number of rotatable bonds is 2. The van der Waals surface area contributed by atoms with Crippen LogP contribution in [0.5, 0.6) is 0 Å². The molecule has 0 amide bonds. The number of hydrogen-bond donors (Lipinski definition) is 0. The number of nitro benzene ring substituents is 2. The number of nitro groups is 2. The van der Waals surface area contributed by atoms with Crippen LogP contribution >= 0.6 is 23.2 Å². The van der Waals surface area contributed by atoms with E-state index in [1.165, 1.54) is 0 Å². The first kappa shape index (κ1) is 11.6. The van der Waals surface area contributed by atoms with E-state index in [-0.39, 0.29) is 0 Å². The predicted molar refractivity (Wildman–Crippen MR) is 49.7 cm³/mol. The van der Waals surface area contributed by atoms with Gasteiger partial charge >= 0.3 is 0 Å². The third-order valence-electron chi connectivity index (χ3n) is 1.50. The highest BCUT2D eigenvalue weighted by atomic mass is 35.5. The molecule has 80 valence electrons. The molecule has 0 spiro atoms. The molecule has 6 nitrogen and oxygen atoms in total. The Morgan fingerprint density at radius 3 is 1.67 bits per heavy atom. The summed E-state index contributed by atoms with van der Waals surface area (Å²) in [6.07, 6.45) is 0.